The number of hydrogen-bond acceptors (Lipinski definition) is 6. The van der Waals surface area contributed by atoms with Gasteiger partial charge in [0.2, 0.25) is 0 Å². The molecule has 1 amide bonds. The van der Waals surface area contributed by atoms with Crippen molar-refractivity contribution in [3.05, 3.63) is 47.7 Å². The van der Waals surface area contributed by atoms with Crippen LogP contribution in [-0.2, 0) is 4.74 Å². The number of hydrogen-bond donors (Lipinski definition) is 1. The number of anilines is 1. The average molecular weight is 453 g/mol. The number of nitrogens with zero attached hydrogens (tertiary/aromatic N) is 1. The van der Waals surface area contributed by atoms with E-state index in [0.717, 1.165) is 47.7 Å². The van der Waals surface area contributed by atoms with Crippen molar-refractivity contribution in [2.24, 2.45) is 0 Å². The van der Waals surface area contributed by atoms with Gasteiger partial charge in [-0.1, -0.05) is 26.2 Å². The Balaban J connectivity index is 1.77. The second-order valence-corrected chi connectivity index (χ2v) is 7.89. The zero-order valence-corrected chi connectivity index (χ0v) is 20.0. The van der Waals surface area contributed by atoms with Crippen molar-refractivity contribution in [3.8, 4) is 23.0 Å². The molecule has 0 bridgehead atoms. The van der Waals surface area contributed by atoms with Crippen LogP contribution in [0, 0.1) is 13.8 Å². The van der Waals surface area contributed by atoms with E-state index in [9.17, 15) is 4.79 Å². The molecule has 2 aromatic carbocycles. The highest BCUT2D eigenvalue weighted by molar-refractivity contribution is 5.89. The SMILES string of the molecule is CCCCCCOC(=O)Nc1cc(C)c(Oc2ccnc3cc(OC)c(OC)cc23)cc1C. The van der Waals surface area contributed by atoms with E-state index in [0.29, 0.717) is 35.3 Å². The molecule has 0 aliphatic carbocycles. The molecule has 0 spiro atoms. The van der Waals surface area contributed by atoms with Crippen molar-refractivity contribution in [1.82, 2.24) is 4.98 Å². The summed E-state index contributed by atoms with van der Waals surface area (Å²) in [5, 5.41) is 3.64. The van der Waals surface area contributed by atoms with Gasteiger partial charge in [-0.3, -0.25) is 10.3 Å². The van der Waals surface area contributed by atoms with Gasteiger partial charge in [-0.05, 0) is 55.7 Å². The fourth-order valence-corrected chi connectivity index (χ4v) is 3.53. The molecular weight excluding hydrogens is 420 g/mol. The largest absolute Gasteiger partial charge is 0.493 e. The second kappa shape index (κ2) is 11.4. The number of pyridine rings is 1. The lowest BCUT2D eigenvalue weighted by Gasteiger charge is -2.16. The van der Waals surface area contributed by atoms with Crippen molar-refractivity contribution in [3.63, 3.8) is 0 Å². The normalized spacial score (nSPS) is 10.7. The highest BCUT2D eigenvalue weighted by atomic mass is 16.5. The molecule has 0 aliphatic rings. The standard InChI is InChI=1S/C26H32N2O5/c1-6-7-8-9-12-32-26(29)28-20-13-18(3)23(14-17(20)2)33-22-10-11-27-21-16-25(31-5)24(30-4)15-19(21)22/h10-11,13-16H,6-9,12H2,1-5H3,(H,28,29). The molecule has 1 aromatic heterocycles. The fraction of sp³-hybridized carbons (Fsp3) is 0.385. The van der Waals surface area contributed by atoms with Gasteiger partial charge in [0.05, 0.1) is 26.3 Å². The molecule has 3 rings (SSSR count). The molecule has 176 valence electrons. The third kappa shape index (κ3) is 6.06. The Morgan fingerprint density at radius 3 is 2.39 bits per heavy atom. The van der Waals surface area contributed by atoms with Crippen molar-refractivity contribution in [2.45, 2.75) is 46.5 Å². The van der Waals surface area contributed by atoms with Gasteiger partial charge in [-0.25, -0.2) is 4.79 Å². The predicted octanol–water partition coefficient (Wildman–Crippen LogP) is 6.79. The van der Waals surface area contributed by atoms with Crippen LogP contribution in [0.1, 0.15) is 43.7 Å². The molecule has 7 nitrogen and oxygen atoms in total. The minimum atomic E-state index is -0.441. The molecule has 0 atom stereocenters. The summed E-state index contributed by atoms with van der Waals surface area (Å²) in [5.41, 5.74) is 3.18. The van der Waals surface area contributed by atoms with Gasteiger partial charge >= 0.3 is 6.09 Å². The van der Waals surface area contributed by atoms with Crippen molar-refractivity contribution >= 4 is 22.7 Å². The van der Waals surface area contributed by atoms with E-state index in [1.165, 1.54) is 0 Å². The van der Waals surface area contributed by atoms with Gasteiger partial charge in [0.15, 0.2) is 11.5 Å². The summed E-state index contributed by atoms with van der Waals surface area (Å²) < 4.78 is 22.4. The maximum absolute atomic E-state index is 12.2. The zero-order valence-electron chi connectivity index (χ0n) is 20.0. The van der Waals surface area contributed by atoms with Crippen LogP contribution in [0.3, 0.4) is 0 Å². The van der Waals surface area contributed by atoms with Gasteiger partial charge in [0, 0.05) is 23.3 Å². The van der Waals surface area contributed by atoms with Gasteiger partial charge < -0.3 is 18.9 Å². The summed E-state index contributed by atoms with van der Waals surface area (Å²) in [5.74, 6) is 2.54. The predicted molar refractivity (Wildman–Crippen MR) is 130 cm³/mol. The summed E-state index contributed by atoms with van der Waals surface area (Å²) in [6, 6.07) is 9.27. The van der Waals surface area contributed by atoms with Gasteiger partial charge in [0.1, 0.15) is 11.5 Å². The Kier molecular flexibility index (Phi) is 8.35. The van der Waals surface area contributed by atoms with Gasteiger partial charge in [0.25, 0.3) is 0 Å². The first-order chi connectivity index (χ1) is 16.0. The summed E-state index contributed by atoms with van der Waals surface area (Å²) in [4.78, 5) is 16.6. The molecule has 3 aromatic rings. The number of carbonyl (C=O) groups is 1. The van der Waals surface area contributed by atoms with Crippen LogP contribution in [-0.4, -0.2) is 31.9 Å². The zero-order chi connectivity index (χ0) is 23.8. The van der Waals surface area contributed by atoms with E-state index in [-0.39, 0.29) is 0 Å². The lowest BCUT2D eigenvalue weighted by Crippen LogP contribution is -2.15. The maximum atomic E-state index is 12.2. The molecule has 33 heavy (non-hydrogen) atoms. The van der Waals surface area contributed by atoms with E-state index >= 15 is 0 Å². The minimum absolute atomic E-state index is 0.425. The van der Waals surface area contributed by atoms with Crippen LogP contribution < -0.4 is 19.5 Å². The molecule has 1 N–H and O–H groups in total. The smallest absolute Gasteiger partial charge is 0.411 e. The van der Waals surface area contributed by atoms with E-state index in [1.807, 2.05) is 44.2 Å². The number of carbonyl (C=O) groups excluding carboxylic acids is 1. The van der Waals surface area contributed by atoms with Crippen LogP contribution >= 0.6 is 0 Å². The number of unbranched alkanes of at least 4 members (excludes halogenated alkanes) is 3. The molecule has 7 heteroatoms. The Bertz CT molecular complexity index is 1110. The highest BCUT2D eigenvalue weighted by Gasteiger charge is 2.14. The van der Waals surface area contributed by atoms with Crippen LogP contribution in [0.4, 0.5) is 10.5 Å². The average Bonchev–Trinajstić information content (AvgIpc) is 2.81. The third-order valence-electron chi connectivity index (χ3n) is 5.42. The summed E-state index contributed by atoms with van der Waals surface area (Å²) in [6.07, 6.45) is 5.49. The summed E-state index contributed by atoms with van der Waals surface area (Å²) in [6.45, 7) is 6.43. The van der Waals surface area contributed by atoms with Crippen molar-refractivity contribution < 1.29 is 23.7 Å². The number of rotatable bonds is 10. The first kappa shape index (κ1) is 24.2. The third-order valence-corrected chi connectivity index (χ3v) is 5.42. The molecule has 1 heterocycles. The summed E-state index contributed by atoms with van der Waals surface area (Å²) >= 11 is 0. The van der Waals surface area contributed by atoms with Gasteiger partial charge in [-0.15, -0.1) is 0 Å². The molecule has 0 saturated carbocycles. The maximum Gasteiger partial charge on any atom is 0.411 e. The molecule has 0 aliphatic heterocycles. The quantitative estimate of drug-likeness (QED) is 0.341. The lowest BCUT2D eigenvalue weighted by atomic mass is 10.1. The Morgan fingerprint density at radius 1 is 0.909 bits per heavy atom. The van der Waals surface area contributed by atoms with Crippen molar-refractivity contribution in [2.75, 3.05) is 26.1 Å². The number of methoxy groups -OCH3 is 2. The number of amides is 1. The molecule has 0 fully saturated rings. The number of aromatic nitrogens is 1. The molecule has 0 radical (unpaired) electrons. The number of aryl methyl sites for hydroxylation is 2. The van der Waals surface area contributed by atoms with Gasteiger partial charge in [-0.2, -0.15) is 0 Å². The fourth-order valence-electron chi connectivity index (χ4n) is 3.53. The number of ether oxygens (including phenoxy) is 4. The Morgan fingerprint density at radius 2 is 1.67 bits per heavy atom. The van der Waals surface area contributed by atoms with E-state index in [1.54, 1.807) is 20.4 Å². The van der Waals surface area contributed by atoms with E-state index < -0.39 is 6.09 Å². The van der Waals surface area contributed by atoms with E-state index in [2.05, 4.69) is 17.2 Å². The molecule has 0 saturated heterocycles. The van der Waals surface area contributed by atoms with Crippen LogP contribution in [0.25, 0.3) is 10.9 Å². The van der Waals surface area contributed by atoms with Crippen LogP contribution in [0.2, 0.25) is 0 Å². The first-order valence-corrected chi connectivity index (χ1v) is 11.2. The number of benzene rings is 2. The number of nitrogens with one attached hydrogen (secondary N) is 1. The topological polar surface area (TPSA) is 78.9 Å². The lowest BCUT2D eigenvalue weighted by molar-refractivity contribution is 0.159. The summed E-state index contributed by atoms with van der Waals surface area (Å²) in [7, 11) is 3.18. The molecule has 0 unspecified atom stereocenters. The highest BCUT2D eigenvalue weighted by Crippen LogP contribution is 2.38. The minimum Gasteiger partial charge on any atom is -0.493 e. The Labute approximate surface area is 195 Å². The van der Waals surface area contributed by atoms with Crippen LogP contribution in [0.15, 0.2) is 36.5 Å². The first-order valence-electron chi connectivity index (χ1n) is 11.2. The Hall–Kier alpha value is -3.48. The number of fused-ring (bicyclic) bond motifs is 1. The van der Waals surface area contributed by atoms with Crippen LogP contribution in [0.5, 0.6) is 23.0 Å². The van der Waals surface area contributed by atoms with E-state index in [4.69, 9.17) is 18.9 Å². The second-order valence-electron chi connectivity index (χ2n) is 7.89. The molecular formula is C26H32N2O5. The van der Waals surface area contributed by atoms with Crippen molar-refractivity contribution in [1.29, 1.82) is 0 Å². The monoisotopic (exact) mass is 452 g/mol.